The summed E-state index contributed by atoms with van der Waals surface area (Å²) in [6, 6.07) is 2.29. The summed E-state index contributed by atoms with van der Waals surface area (Å²) in [5.74, 6) is 0.0752. The number of carbonyl (C=O) groups excluding carboxylic acids is 1. The smallest absolute Gasteiger partial charge is 0.252 e. The first-order valence-electron chi connectivity index (χ1n) is 5.32. The van der Waals surface area contributed by atoms with Crippen LogP contribution in [-0.4, -0.2) is 25.0 Å². The van der Waals surface area contributed by atoms with Gasteiger partial charge in [-0.25, -0.2) is 0 Å². The van der Waals surface area contributed by atoms with Crippen molar-refractivity contribution in [3.8, 4) is 0 Å². The average Bonchev–Trinajstić information content (AvgIpc) is 2.66. The molecule has 2 N–H and O–H groups in total. The largest absolute Gasteiger partial charge is 0.349 e. The van der Waals surface area contributed by atoms with Crippen molar-refractivity contribution in [3.63, 3.8) is 0 Å². The van der Waals surface area contributed by atoms with Crippen molar-refractivity contribution < 1.29 is 6.22 Å². The third kappa shape index (κ3) is 2.79. The van der Waals surface area contributed by atoms with Crippen LogP contribution in [0.3, 0.4) is 0 Å². The Morgan fingerprint density at radius 3 is 2.93 bits per heavy atom. The van der Waals surface area contributed by atoms with E-state index < -0.39 is 0 Å². The van der Waals surface area contributed by atoms with Crippen molar-refractivity contribution in [1.82, 2.24) is 10.6 Å². The molecule has 0 spiro atoms. The van der Waals surface area contributed by atoms with Crippen molar-refractivity contribution in [1.29, 1.82) is 0 Å². The van der Waals surface area contributed by atoms with Crippen molar-refractivity contribution in [2.75, 3.05) is 13.1 Å². The summed E-state index contributed by atoms with van der Waals surface area (Å²) < 4.78 is 0. The fourth-order valence-electron chi connectivity index (χ4n) is 1.80. The van der Waals surface area contributed by atoms with Gasteiger partial charge in [-0.2, -0.15) is 0 Å². The molecule has 1 aliphatic rings. The van der Waals surface area contributed by atoms with Gasteiger partial charge >= 0.3 is 0 Å². The molecule has 2 heterocycles. The predicted molar refractivity (Wildman–Crippen MR) is 64.5 cm³/mol. The lowest BCUT2D eigenvalue weighted by atomic mass is 10.1. The van der Waals surface area contributed by atoms with Gasteiger partial charge in [-0.05, 0) is 38.9 Å². The zero-order valence-electron chi connectivity index (χ0n) is 8.88. The second-order valence-electron chi connectivity index (χ2n) is 3.94. The topological polar surface area (TPSA) is 41.1 Å². The second-order valence-corrected chi connectivity index (χ2v) is 5.06. The fourth-order valence-corrected chi connectivity index (χ4v) is 2.48. The minimum Gasteiger partial charge on any atom is -0.349 e. The molecule has 1 aliphatic heterocycles. The Hall–Kier alpha value is -0.870. The van der Waals surface area contributed by atoms with Crippen LogP contribution in [0.4, 0.5) is 0 Å². The standard InChI is InChI=1S/C11H16N2OS.H2/c1-8-6-9(7-15-8)11(14)13-10-2-4-12-5-3-10;/h6-7,10,12H,2-5H2,1H3,(H,13,14);1H. The third-order valence-electron chi connectivity index (χ3n) is 2.67. The first-order valence-corrected chi connectivity index (χ1v) is 6.20. The van der Waals surface area contributed by atoms with Crippen LogP contribution in [0.2, 0.25) is 0 Å². The summed E-state index contributed by atoms with van der Waals surface area (Å²) >= 11 is 1.62. The van der Waals surface area contributed by atoms with Crippen LogP contribution < -0.4 is 10.6 Å². The van der Waals surface area contributed by atoms with Gasteiger partial charge in [-0.15, -0.1) is 11.3 Å². The minimum absolute atomic E-state index is 0. The first-order chi connectivity index (χ1) is 7.25. The lowest BCUT2D eigenvalue weighted by Gasteiger charge is -2.23. The van der Waals surface area contributed by atoms with Crippen LogP contribution in [0.15, 0.2) is 11.4 Å². The molecule has 1 saturated heterocycles. The normalized spacial score (nSPS) is 17.7. The number of hydrogen-bond acceptors (Lipinski definition) is 3. The number of carbonyl (C=O) groups is 1. The monoisotopic (exact) mass is 226 g/mol. The zero-order chi connectivity index (χ0) is 10.7. The quantitative estimate of drug-likeness (QED) is 0.807. The Kier molecular flexibility index (Phi) is 3.38. The molecule has 1 fully saturated rings. The summed E-state index contributed by atoms with van der Waals surface area (Å²) in [5, 5.41) is 8.28. The molecule has 0 saturated carbocycles. The number of piperidine rings is 1. The van der Waals surface area contributed by atoms with E-state index in [0.29, 0.717) is 6.04 Å². The van der Waals surface area contributed by atoms with E-state index in [0.717, 1.165) is 31.5 Å². The highest BCUT2D eigenvalue weighted by Gasteiger charge is 2.16. The van der Waals surface area contributed by atoms with Crippen LogP contribution in [0.25, 0.3) is 0 Å². The van der Waals surface area contributed by atoms with Crippen molar-refractivity contribution in [2.24, 2.45) is 0 Å². The molecular formula is C11H18N2OS. The van der Waals surface area contributed by atoms with E-state index in [1.807, 2.05) is 18.4 Å². The van der Waals surface area contributed by atoms with E-state index in [1.54, 1.807) is 11.3 Å². The summed E-state index contributed by atoms with van der Waals surface area (Å²) in [7, 11) is 0. The summed E-state index contributed by atoms with van der Waals surface area (Å²) in [5.41, 5.74) is 0.802. The van der Waals surface area contributed by atoms with Crippen LogP contribution in [-0.2, 0) is 0 Å². The maximum atomic E-state index is 11.8. The highest BCUT2D eigenvalue weighted by atomic mass is 32.1. The summed E-state index contributed by atoms with van der Waals surface area (Å²) in [6.45, 7) is 4.03. The molecule has 1 aromatic heterocycles. The third-order valence-corrected chi connectivity index (χ3v) is 3.53. The highest BCUT2D eigenvalue weighted by molar-refractivity contribution is 7.10. The van der Waals surface area contributed by atoms with Crippen LogP contribution in [0.5, 0.6) is 0 Å². The van der Waals surface area contributed by atoms with E-state index >= 15 is 0 Å². The van der Waals surface area contributed by atoms with Crippen LogP contribution in [0, 0.1) is 6.92 Å². The van der Waals surface area contributed by atoms with Crippen molar-refractivity contribution in [3.05, 3.63) is 21.9 Å². The molecule has 0 aromatic carbocycles. The average molecular weight is 226 g/mol. The van der Waals surface area contributed by atoms with Gasteiger partial charge in [0.25, 0.3) is 5.91 Å². The highest BCUT2D eigenvalue weighted by Crippen LogP contribution is 2.13. The number of hydrogen-bond donors (Lipinski definition) is 2. The predicted octanol–water partition coefficient (Wildman–Crippen LogP) is 1.78. The Bertz CT molecular complexity index is 348. The summed E-state index contributed by atoms with van der Waals surface area (Å²) in [6.07, 6.45) is 2.07. The van der Waals surface area contributed by atoms with Crippen LogP contribution in [0.1, 0.15) is 29.5 Å². The van der Waals surface area contributed by atoms with Crippen LogP contribution >= 0.6 is 11.3 Å². The molecule has 0 aliphatic carbocycles. The Morgan fingerprint density at radius 2 is 2.33 bits per heavy atom. The minimum atomic E-state index is 0. The van der Waals surface area contributed by atoms with E-state index in [4.69, 9.17) is 0 Å². The lowest BCUT2D eigenvalue weighted by Crippen LogP contribution is -2.42. The molecule has 1 amide bonds. The molecule has 4 heteroatoms. The molecule has 3 nitrogen and oxygen atoms in total. The second kappa shape index (κ2) is 4.77. The molecule has 1 aromatic rings. The van der Waals surface area contributed by atoms with Gasteiger partial charge in [0, 0.05) is 17.7 Å². The van der Waals surface area contributed by atoms with Gasteiger partial charge in [-0.3, -0.25) is 4.79 Å². The molecule has 0 bridgehead atoms. The number of amides is 1. The molecule has 0 radical (unpaired) electrons. The maximum Gasteiger partial charge on any atom is 0.252 e. The zero-order valence-corrected chi connectivity index (χ0v) is 9.69. The molecule has 2 rings (SSSR count). The van der Waals surface area contributed by atoms with E-state index in [9.17, 15) is 4.79 Å². The van der Waals surface area contributed by atoms with E-state index in [1.165, 1.54) is 4.88 Å². The molecule has 0 atom stereocenters. The number of aryl methyl sites for hydroxylation is 1. The Balaban J connectivity index is 0.00000128. The van der Waals surface area contributed by atoms with Gasteiger partial charge in [0.2, 0.25) is 0 Å². The van der Waals surface area contributed by atoms with E-state index in [2.05, 4.69) is 10.6 Å². The summed E-state index contributed by atoms with van der Waals surface area (Å²) in [4.78, 5) is 13.0. The fraction of sp³-hybridized carbons (Fsp3) is 0.545. The first kappa shape index (κ1) is 10.6. The van der Waals surface area contributed by atoms with Gasteiger partial charge in [0.05, 0.1) is 5.56 Å². The van der Waals surface area contributed by atoms with Gasteiger partial charge in [0.1, 0.15) is 0 Å². The van der Waals surface area contributed by atoms with Gasteiger partial charge in [0.15, 0.2) is 0 Å². The van der Waals surface area contributed by atoms with Crippen molar-refractivity contribution >= 4 is 17.2 Å². The maximum absolute atomic E-state index is 11.8. The molecule has 0 unspecified atom stereocenters. The van der Waals surface area contributed by atoms with E-state index in [-0.39, 0.29) is 7.33 Å². The number of thiophene rings is 1. The Labute approximate surface area is 95.4 Å². The molecule has 15 heavy (non-hydrogen) atoms. The number of nitrogens with one attached hydrogen (secondary N) is 2. The Morgan fingerprint density at radius 1 is 1.60 bits per heavy atom. The SMILES string of the molecule is Cc1cc(C(=O)NC2CCNCC2)cs1.[HH]. The lowest BCUT2D eigenvalue weighted by molar-refractivity contribution is 0.0930. The van der Waals surface area contributed by atoms with Gasteiger partial charge < -0.3 is 10.6 Å². The molecule has 84 valence electrons. The van der Waals surface area contributed by atoms with Gasteiger partial charge in [-0.1, -0.05) is 0 Å². The molecular weight excluding hydrogens is 208 g/mol. The number of rotatable bonds is 2. The van der Waals surface area contributed by atoms with Crippen molar-refractivity contribution in [2.45, 2.75) is 25.8 Å².